The molecule has 0 atom stereocenters. The lowest BCUT2D eigenvalue weighted by Gasteiger charge is -2.11. The molecular formula is C17H16FN3O2. The Bertz CT molecular complexity index is 741. The Kier molecular flexibility index (Phi) is 5.53. The summed E-state index contributed by atoms with van der Waals surface area (Å²) < 4.78 is 18.6. The van der Waals surface area contributed by atoms with Crippen LogP contribution in [-0.2, 0) is 0 Å². The number of ether oxygens (including phenoxy) is 1. The van der Waals surface area contributed by atoms with Gasteiger partial charge in [-0.1, -0.05) is 18.2 Å². The number of rotatable bonds is 6. The summed E-state index contributed by atoms with van der Waals surface area (Å²) in [7, 11) is 1.50. The highest BCUT2D eigenvalue weighted by Crippen LogP contribution is 2.18. The molecule has 6 heteroatoms. The van der Waals surface area contributed by atoms with Crippen LogP contribution >= 0.6 is 0 Å². The van der Waals surface area contributed by atoms with Crippen LogP contribution in [0.3, 0.4) is 0 Å². The molecule has 2 aromatic carbocycles. The average molecular weight is 313 g/mol. The number of amides is 1. The van der Waals surface area contributed by atoms with Gasteiger partial charge in [0.25, 0.3) is 5.91 Å². The van der Waals surface area contributed by atoms with Gasteiger partial charge in [0.1, 0.15) is 23.2 Å². The Hall–Kier alpha value is -3.07. The van der Waals surface area contributed by atoms with Crippen LogP contribution in [0.1, 0.15) is 15.9 Å². The fourth-order valence-electron chi connectivity index (χ4n) is 2.09. The number of halogens is 1. The Morgan fingerprint density at radius 2 is 2.00 bits per heavy atom. The molecule has 5 nitrogen and oxygen atoms in total. The summed E-state index contributed by atoms with van der Waals surface area (Å²) >= 11 is 0. The molecule has 0 aliphatic carbocycles. The van der Waals surface area contributed by atoms with Gasteiger partial charge in [-0.05, 0) is 24.3 Å². The van der Waals surface area contributed by atoms with Gasteiger partial charge in [-0.25, -0.2) is 4.39 Å². The molecule has 2 N–H and O–H groups in total. The van der Waals surface area contributed by atoms with Gasteiger partial charge in [-0.15, -0.1) is 0 Å². The quantitative estimate of drug-likeness (QED) is 0.804. The second-order valence-electron chi connectivity index (χ2n) is 4.66. The third-order valence-corrected chi connectivity index (χ3v) is 3.20. The van der Waals surface area contributed by atoms with E-state index in [-0.39, 0.29) is 11.5 Å². The number of nitriles is 1. The maximum absolute atomic E-state index is 13.4. The number of carbonyl (C=O) groups is 1. The minimum atomic E-state index is -0.574. The molecular weight excluding hydrogens is 297 g/mol. The fraction of sp³-hybridized carbons (Fsp3) is 0.176. The van der Waals surface area contributed by atoms with Gasteiger partial charge in [0, 0.05) is 13.1 Å². The van der Waals surface area contributed by atoms with Gasteiger partial charge < -0.3 is 15.4 Å². The first kappa shape index (κ1) is 16.3. The molecule has 0 saturated carbocycles. The van der Waals surface area contributed by atoms with Crippen molar-refractivity contribution in [3.05, 3.63) is 59.4 Å². The summed E-state index contributed by atoms with van der Waals surface area (Å²) in [5.74, 6) is -0.339. The van der Waals surface area contributed by atoms with Crippen molar-refractivity contribution in [1.29, 1.82) is 5.26 Å². The monoisotopic (exact) mass is 313 g/mol. The third-order valence-electron chi connectivity index (χ3n) is 3.20. The van der Waals surface area contributed by atoms with Crippen molar-refractivity contribution < 1.29 is 13.9 Å². The molecule has 2 rings (SSSR count). The van der Waals surface area contributed by atoms with E-state index in [1.807, 2.05) is 6.07 Å². The maximum atomic E-state index is 13.4. The Morgan fingerprint density at radius 3 is 2.74 bits per heavy atom. The third kappa shape index (κ3) is 3.98. The van der Waals surface area contributed by atoms with Crippen LogP contribution in [0.25, 0.3) is 0 Å². The highest BCUT2D eigenvalue weighted by molar-refractivity contribution is 5.96. The average Bonchev–Trinajstić information content (AvgIpc) is 2.58. The van der Waals surface area contributed by atoms with E-state index < -0.39 is 5.82 Å². The molecule has 1 amide bonds. The van der Waals surface area contributed by atoms with Gasteiger partial charge in [0.2, 0.25) is 0 Å². The Balaban J connectivity index is 1.90. The zero-order valence-corrected chi connectivity index (χ0v) is 12.6. The molecule has 0 aromatic heterocycles. The number of nitrogens with zero attached hydrogens (tertiary/aromatic N) is 1. The van der Waals surface area contributed by atoms with E-state index in [4.69, 9.17) is 10.00 Å². The molecule has 23 heavy (non-hydrogen) atoms. The molecule has 0 saturated heterocycles. The molecule has 0 unspecified atom stereocenters. The highest BCUT2D eigenvalue weighted by Gasteiger charge is 2.11. The molecule has 2 aromatic rings. The van der Waals surface area contributed by atoms with E-state index in [1.54, 1.807) is 30.3 Å². The lowest BCUT2D eigenvalue weighted by Crippen LogP contribution is -2.29. The van der Waals surface area contributed by atoms with Gasteiger partial charge in [-0.3, -0.25) is 4.79 Å². The minimum absolute atomic E-state index is 0.0384. The van der Waals surface area contributed by atoms with Crippen LogP contribution < -0.4 is 15.4 Å². The topological polar surface area (TPSA) is 74.2 Å². The van der Waals surface area contributed by atoms with Gasteiger partial charge in [0.15, 0.2) is 0 Å². The number of para-hydroxylation sites is 1. The molecule has 0 fully saturated rings. The van der Waals surface area contributed by atoms with Gasteiger partial charge >= 0.3 is 0 Å². The Labute approximate surface area is 133 Å². The summed E-state index contributed by atoms with van der Waals surface area (Å²) in [4.78, 5) is 12.1. The fourth-order valence-corrected chi connectivity index (χ4v) is 2.09. The van der Waals surface area contributed by atoms with E-state index in [0.29, 0.717) is 30.1 Å². The molecule has 0 bridgehead atoms. The molecule has 118 valence electrons. The smallest absolute Gasteiger partial charge is 0.255 e. The zero-order valence-electron chi connectivity index (χ0n) is 12.6. The van der Waals surface area contributed by atoms with Crippen molar-refractivity contribution in [1.82, 2.24) is 5.32 Å². The Morgan fingerprint density at radius 1 is 1.22 bits per heavy atom. The summed E-state index contributed by atoms with van der Waals surface area (Å²) in [5, 5.41) is 14.6. The van der Waals surface area contributed by atoms with Crippen molar-refractivity contribution in [2.75, 3.05) is 25.5 Å². The van der Waals surface area contributed by atoms with Gasteiger partial charge in [0.05, 0.1) is 18.4 Å². The second-order valence-corrected chi connectivity index (χ2v) is 4.66. The van der Waals surface area contributed by atoms with E-state index >= 15 is 0 Å². The van der Waals surface area contributed by atoms with Crippen molar-refractivity contribution in [3.63, 3.8) is 0 Å². The molecule has 0 aliphatic heterocycles. The lowest BCUT2D eigenvalue weighted by molar-refractivity contribution is 0.0952. The van der Waals surface area contributed by atoms with Crippen molar-refractivity contribution in [2.24, 2.45) is 0 Å². The van der Waals surface area contributed by atoms with Crippen LogP contribution in [0.15, 0.2) is 42.5 Å². The largest absolute Gasteiger partial charge is 0.496 e. The van der Waals surface area contributed by atoms with Crippen LogP contribution in [0.4, 0.5) is 10.1 Å². The van der Waals surface area contributed by atoms with Crippen LogP contribution in [0, 0.1) is 17.1 Å². The summed E-state index contributed by atoms with van der Waals surface area (Å²) in [6.07, 6.45) is 0. The molecule has 0 aliphatic rings. The zero-order chi connectivity index (χ0) is 16.7. The first-order chi connectivity index (χ1) is 11.2. The standard InChI is InChI=1S/C17H16FN3O2/c1-23-16-8-3-2-5-12(16)17(22)21-10-9-20-15-7-4-6-14(18)13(15)11-19/h2-8,20H,9-10H2,1H3,(H,21,22). The first-order valence-electron chi connectivity index (χ1n) is 7.01. The van der Waals surface area contributed by atoms with Crippen LogP contribution in [0.2, 0.25) is 0 Å². The van der Waals surface area contributed by atoms with Crippen molar-refractivity contribution >= 4 is 11.6 Å². The summed E-state index contributed by atoms with van der Waals surface area (Å²) in [6, 6.07) is 13.1. The lowest BCUT2D eigenvalue weighted by atomic mass is 10.2. The second kappa shape index (κ2) is 7.80. The number of hydrogen-bond donors (Lipinski definition) is 2. The predicted octanol–water partition coefficient (Wildman–Crippen LogP) is 2.55. The van der Waals surface area contributed by atoms with Crippen LogP contribution in [0.5, 0.6) is 5.75 Å². The van der Waals surface area contributed by atoms with E-state index in [0.717, 1.165) is 0 Å². The number of benzene rings is 2. The number of nitrogens with one attached hydrogen (secondary N) is 2. The van der Waals surface area contributed by atoms with Crippen LogP contribution in [-0.4, -0.2) is 26.1 Å². The molecule has 0 spiro atoms. The number of anilines is 1. The summed E-state index contributed by atoms with van der Waals surface area (Å²) in [6.45, 7) is 0.678. The van der Waals surface area contributed by atoms with E-state index in [2.05, 4.69) is 10.6 Å². The first-order valence-corrected chi connectivity index (χ1v) is 7.01. The SMILES string of the molecule is COc1ccccc1C(=O)NCCNc1cccc(F)c1C#N. The van der Waals surface area contributed by atoms with E-state index in [1.165, 1.54) is 19.2 Å². The highest BCUT2D eigenvalue weighted by atomic mass is 19.1. The number of carbonyl (C=O) groups excluding carboxylic acids is 1. The summed E-state index contributed by atoms with van der Waals surface area (Å²) in [5.41, 5.74) is 0.807. The molecule has 0 heterocycles. The molecule has 0 radical (unpaired) electrons. The predicted molar refractivity (Wildman–Crippen MR) is 84.9 cm³/mol. The number of hydrogen-bond acceptors (Lipinski definition) is 4. The number of methoxy groups -OCH3 is 1. The van der Waals surface area contributed by atoms with Crippen molar-refractivity contribution in [3.8, 4) is 11.8 Å². The maximum Gasteiger partial charge on any atom is 0.255 e. The normalized spacial score (nSPS) is 9.78. The van der Waals surface area contributed by atoms with E-state index in [9.17, 15) is 9.18 Å². The van der Waals surface area contributed by atoms with Gasteiger partial charge in [-0.2, -0.15) is 5.26 Å². The van der Waals surface area contributed by atoms with Crippen molar-refractivity contribution in [2.45, 2.75) is 0 Å². The minimum Gasteiger partial charge on any atom is -0.496 e.